The summed E-state index contributed by atoms with van der Waals surface area (Å²) in [7, 11) is 1.64. The molecule has 0 N–H and O–H groups in total. The number of hydrogen-bond donors (Lipinski definition) is 0. The SMILES string of the molecule is COc1ccc(N2CCN(C(=O)COC(=O)c3cccc(C)c3)CC2)cc1. The van der Waals surface area contributed by atoms with Gasteiger partial charge in [-0.05, 0) is 43.3 Å². The molecule has 1 heterocycles. The van der Waals surface area contributed by atoms with Crippen LogP contribution < -0.4 is 9.64 Å². The van der Waals surface area contributed by atoms with Gasteiger partial charge < -0.3 is 19.3 Å². The fraction of sp³-hybridized carbons (Fsp3) is 0.333. The lowest BCUT2D eigenvalue weighted by Crippen LogP contribution is -2.49. The van der Waals surface area contributed by atoms with Crippen LogP contribution in [0.4, 0.5) is 5.69 Å². The van der Waals surface area contributed by atoms with E-state index < -0.39 is 5.97 Å². The van der Waals surface area contributed by atoms with Gasteiger partial charge in [-0.1, -0.05) is 17.7 Å². The number of ether oxygens (including phenoxy) is 2. The highest BCUT2D eigenvalue weighted by atomic mass is 16.5. The van der Waals surface area contributed by atoms with Crippen LogP contribution in [-0.4, -0.2) is 56.7 Å². The van der Waals surface area contributed by atoms with E-state index in [0.29, 0.717) is 18.7 Å². The first-order valence-corrected chi connectivity index (χ1v) is 8.97. The van der Waals surface area contributed by atoms with Gasteiger partial charge in [0.25, 0.3) is 5.91 Å². The number of piperazine rings is 1. The molecule has 2 aromatic rings. The van der Waals surface area contributed by atoms with E-state index in [4.69, 9.17) is 9.47 Å². The molecule has 6 heteroatoms. The van der Waals surface area contributed by atoms with Gasteiger partial charge in [-0.15, -0.1) is 0 Å². The van der Waals surface area contributed by atoms with E-state index in [2.05, 4.69) is 4.90 Å². The van der Waals surface area contributed by atoms with Gasteiger partial charge in [-0.25, -0.2) is 4.79 Å². The maximum Gasteiger partial charge on any atom is 0.338 e. The summed E-state index contributed by atoms with van der Waals surface area (Å²) in [5.41, 5.74) is 2.55. The van der Waals surface area contributed by atoms with Crippen LogP contribution >= 0.6 is 0 Å². The molecule has 27 heavy (non-hydrogen) atoms. The smallest absolute Gasteiger partial charge is 0.338 e. The summed E-state index contributed by atoms with van der Waals surface area (Å²) in [4.78, 5) is 28.4. The molecule has 0 atom stereocenters. The quantitative estimate of drug-likeness (QED) is 0.759. The van der Waals surface area contributed by atoms with Crippen LogP contribution in [0.1, 0.15) is 15.9 Å². The normalized spacial score (nSPS) is 14.0. The Morgan fingerprint density at radius 2 is 1.70 bits per heavy atom. The standard InChI is InChI=1S/C21H24N2O4/c1-16-4-3-5-17(14-16)21(25)27-15-20(24)23-12-10-22(11-13-23)18-6-8-19(26-2)9-7-18/h3-9,14H,10-13,15H2,1-2H3. The highest BCUT2D eigenvalue weighted by Gasteiger charge is 2.22. The molecular formula is C21H24N2O4. The molecule has 2 aromatic carbocycles. The first-order valence-electron chi connectivity index (χ1n) is 8.97. The van der Waals surface area contributed by atoms with E-state index in [9.17, 15) is 9.59 Å². The lowest BCUT2D eigenvalue weighted by Gasteiger charge is -2.36. The van der Waals surface area contributed by atoms with Crippen LogP contribution in [0.25, 0.3) is 0 Å². The molecule has 0 saturated carbocycles. The van der Waals surface area contributed by atoms with Crippen molar-refractivity contribution >= 4 is 17.6 Å². The number of esters is 1. The van der Waals surface area contributed by atoms with Gasteiger partial charge in [0, 0.05) is 31.9 Å². The Bertz CT molecular complexity index is 796. The lowest BCUT2D eigenvalue weighted by atomic mass is 10.1. The van der Waals surface area contributed by atoms with Crippen molar-refractivity contribution < 1.29 is 19.1 Å². The van der Waals surface area contributed by atoms with E-state index in [-0.39, 0.29) is 12.5 Å². The molecule has 1 amide bonds. The van der Waals surface area contributed by atoms with Gasteiger partial charge in [0.2, 0.25) is 0 Å². The Labute approximate surface area is 159 Å². The molecule has 3 rings (SSSR count). The molecule has 0 aliphatic carbocycles. The van der Waals surface area contributed by atoms with Crippen molar-refractivity contribution in [2.45, 2.75) is 6.92 Å². The largest absolute Gasteiger partial charge is 0.497 e. The molecule has 0 radical (unpaired) electrons. The maximum absolute atomic E-state index is 12.3. The lowest BCUT2D eigenvalue weighted by molar-refractivity contribution is -0.134. The van der Waals surface area contributed by atoms with E-state index >= 15 is 0 Å². The highest BCUT2D eigenvalue weighted by molar-refractivity contribution is 5.91. The maximum atomic E-state index is 12.3. The minimum atomic E-state index is -0.469. The number of methoxy groups -OCH3 is 1. The number of hydrogen-bond acceptors (Lipinski definition) is 5. The van der Waals surface area contributed by atoms with Crippen LogP contribution in [0.3, 0.4) is 0 Å². The molecule has 1 saturated heterocycles. The minimum Gasteiger partial charge on any atom is -0.497 e. The molecule has 1 aliphatic heterocycles. The van der Waals surface area contributed by atoms with Gasteiger partial charge in [0.1, 0.15) is 5.75 Å². The average molecular weight is 368 g/mol. The molecule has 0 bridgehead atoms. The van der Waals surface area contributed by atoms with Crippen molar-refractivity contribution in [2.75, 3.05) is 44.8 Å². The van der Waals surface area contributed by atoms with Crippen LogP contribution in [0.5, 0.6) is 5.75 Å². The van der Waals surface area contributed by atoms with Gasteiger partial charge in [0.05, 0.1) is 12.7 Å². The third-order valence-corrected chi connectivity index (χ3v) is 4.65. The number of benzene rings is 2. The fourth-order valence-electron chi connectivity index (χ4n) is 3.08. The average Bonchev–Trinajstić information content (AvgIpc) is 2.72. The predicted octanol–water partition coefficient (Wildman–Crippen LogP) is 2.51. The summed E-state index contributed by atoms with van der Waals surface area (Å²) < 4.78 is 10.4. The number of carbonyl (C=O) groups excluding carboxylic acids is 2. The Balaban J connectivity index is 1.47. The van der Waals surface area contributed by atoms with Crippen LogP contribution in [0.15, 0.2) is 48.5 Å². The third kappa shape index (κ3) is 4.78. The number of amides is 1. The summed E-state index contributed by atoms with van der Waals surface area (Å²) in [6.07, 6.45) is 0. The summed E-state index contributed by atoms with van der Waals surface area (Å²) in [6, 6.07) is 15.0. The summed E-state index contributed by atoms with van der Waals surface area (Å²) in [5.74, 6) is 0.192. The third-order valence-electron chi connectivity index (χ3n) is 4.65. The number of aryl methyl sites for hydroxylation is 1. The predicted molar refractivity (Wildman–Crippen MR) is 103 cm³/mol. The number of rotatable bonds is 5. The van der Waals surface area contributed by atoms with E-state index in [1.54, 1.807) is 30.2 Å². The van der Waals surface area contributed by atoms with Crippen LogP contribution in [0, 0.1) is 6.92 Å². The van der Waals surface area contributed by atoms with Crippen molar-refractivity contribution in [3.05, 3.63) is 59.7 Å². The summed E-state index contributed by atoms with van der Waals surface area (Å²) in [5, 5.41) is 0. The Morgan fingerprint density at radius 1 is 1.00 bits per heavy atom. The van der Waals surface area contributed by atoms with E-state index in [1.165, 1.54) is 0 Å². The van der Waals surface area contributed by atoms with Gasteiger partial charge in [-0.2, -0.15) is 0 Å². The van der Waals surface area contributed by atoms with E-state index in [1.807, 2.05) is 37.3 Å². The van der Waals surface area contributed by atoms with Crippen LogP contribution in [-0.2, 0) is 9.53 Å². The summed E-state index contributed by atoms with van der Waals surface area (Å²) in [6.45, 7) is 4.37. The number of nitrogens with zero attached hydrogens (tertiary/aromatic N) is 2. The monoisotopic (exact) mass is 368 g/mol. The van der Waals surface area contributed by atoms with Crippen LogP contribution in [0.2, 0.25) is 0 Å². The zero-order valence-corrected chi connectivity index (χ0v) is 15.7. The second-order valence-corrected chi connectivity index (χ2v) is 6.51. The van der Waals surface area contributed by atoms with Crippen molar-refractivity contribution in [1.29, 1.82) is 0 Å². The first-order chi connectivity index (χ1) is 13.1. The zero-order chi connectivity index (χ0) is 19.2. The molecule has 1 fully saturated rings. The summed E-state index contributed by atoms with van der Waals surface area (Å²) >= 11 is 0. The highest BCUT2D eigenvalue weighted by Crippen LogP contribution is 2.20. The molecule has 1 aliphatic rings. The molecule has 6 nitrogen and oxygen atoms in total. The van der Waals surface area contributed by atoms with Crippen molar-refractivity contribution in [1.82, 2.24) is 4.90 Å². The van der Waals surface area contributed by atoms with Gasteiger partial charge >= 0.3 is 5.97 Å². The Hall–Kier alpha value is -3.02. The van der Waals surface area contributed by atoms with Crippen molar-refractivity contribution in [2.24, 2.45) is 0 Å². The number of carbonyl (C=O) groups is 2. The topological polar surface area (TPSA) is 59.1 Å². The second-order valence-electron chi connectivity index (χ2n) is 6.51. The van der Waals surface area contributed by atoms with Gasteiger partial charge in [0.15, 0.2) is 6.61 Å². The second kappa shape index (κ2) is 8.58. The molecule has 142 valence electrons. The minimum absolute atomic E-state index is 0.162. The molecule has 0 aromatic heterocycles. The van der Waals surface area contributed by atoms with Crippen molar-refractivity contribution in [3.63, 3.8) is 0 Å². The zero-order valence-electron chi connectivity index (χ0n) is 15.7. The molecule has 0 spiro atoms. The van der Waals surface area contributed by atoms with Gasteiger partial charge in [-0.3, -0.25) is 4.79 Å². The molecule has 0 unspecified atom stereocenters. The van der Waals surface area contributed by atoms with E-state index in [0.717, 1.165) is 30.1 Å². The molecular weight excluding hydrogens is 344 g/mol. The number of anilines is 1. The first kappa shape index (κ1) is 18.8. The fourth-order valence-corrected chi connectivity index (χ4v) is 3.08. The Morgan fingerprint density at radius 3 is 2.33 bits per heavy atom. The van der Waals surface area contributed by atoms with Crippen molar-refractivity contribution in [3.8, 4) is 5.75 Å². The Kier molecular flexibility index (Phi) is 5.96.